The van der Waals surface area contributed by atoms with Crippen LogP contribution in [-0.2, 0) is 16.2 Å². The third-order valence-corrected chi connectivity index (χ3v) is 13.7. The zero-order valence-corrected chi connectivity index (χ0v) is 22.6. The highest BCUT2D eigenvalue weighted by Gasteiger charge is 2.34. The summed E-state index contributed by atoms with van der Waals surface area (Å²) in [7, 11) is -0.0353. The summed E-state index contributed by atoms with van der Waals surface area (Å²) in [5.74, 6) is 0. The van der Waals surface area contributed by atoms with Crippen LogP contribution in [0.1, 0.15) is 99.8 Å². The van der Waals surface area contributed by atoms with Crippen LogP contribution in [-0.4, -0.2) is 13.5 Å². The smallest absolute Gasteiger partial charge is 0.0765 e. The summed E-state index contributed by atoms with van der Waals surface area (Å²) in [6, 6.07) is 4.99. The minimum absolute atomic E-state index is 0.144. The fourth-order valence-electron chi connectivity index (χ4n) is 2.77. The molecule has 0 aromatic heterocycles. The third kappa shape index (κ3) is 6.04. The molecule has 0 radical (unpaired) electrons. The molecule has 0 saturated carbocycles. The van der Waals surface area contributed by atoms with Crippen molar-refractivity contribution in [2.45, 2.75) is 117 Å². The fourth-order valence-corrected chi connectivity index (χ4v) is 7.20. The second-order valence-corrected chi connectivity index (χ2v) is 19.6. The molecule has 0 atom stereocenters. The van der Waals surface area contributed by atoms with Gasteiger partial charge in [-0.25, -0.2) is 0 Å². The van der Waals surface area contributed by atoms with E-state index in [4.69, 9.17) is 0 Å². The molecule has 0 nitrogen and oxygen atoms in total. The molecule has 0 bridgehead atoms. The summed E-state index contributed by atoms with van der Waals surface area (Å²) >= 11 is 0. The Morgan fingerprint density at radius 1 is 0.667 bits per heavy atom. The van der Waals surface area contributed by atoms with Gasteiger partial charge in [-0.15, -0.1) is 0 Å². The Morgan fingerprint density at radius 3 is 1.30 bits per heavy atom. The first-order valence-electron chi connectivity index (χ1n) is 10.4. The normalized spacial score (nSPS) is 14.9. The van der Waals surface area contributed by atoms with Gasteiger partial charge in [-0.05, 0) is 38.0 Å². The lowest BCUT2D eigenvalue weighted by Gasteiger charge is -2.35. The van der Waals surface area contributed by atoms with E-state index in [-0.39, 0.29) is 16.2 Å². The molecule has 0 unspecified atom stereocenters. The lowest BCUT2D eigenvalue weighted by Crippen LogP contribution is -2.39. The Labute approximate surface area is 173 Å². The fraction of sp³-hybridized carbons (Fsp3) is 0.720. The van der Waals surface area contributed by atoms with Crippen LogP contribution in [0, 0.1) is 0 Å². The number of hydrogen-bond donors (Lipinski definition) is 0. The molecule has 154 valence electrons. The highest BCUT2D eigenvalue weighted by Crippen LogP contribution is 2.38. The van der Waals surface area contributed by atoms with Gasteiger partial charge in [-0.1, -0.05) is 122 Å². The second kappa shape index (κ2) is 7.45. The first-order chi connectivity index (χ1) is 11.7. The minimum atomic E-state index is -1.44. The lowest BCUT2D eigenvalue weighted by atomic mass is 9.75. The van der Waals surface area contributed by atoms with Crippen LogP contribution in [0.25, 0.3) is 0 Å². The van der Waals surface area contributed by atoms with E-state index in [1.54, 1.807) is 5.30 Å². The first kappa shape index (κ1) is 24.6. The van der Waals surface area contributed by atoms with Crippen molar-refractivity contribution < 1.29 is 0 Å². The molecule has 1 aromatic carbocycles. The van der Waals surface area contributed by atoms with Crippen molar-refractivity contribution in [3.05, 3.63) is 28.8 Å². The quantitative estimate of drug-likeness (QED) is 0.346. The molecule has 0 heterocycles. The average Bonchev–Trinajstić information content (AvgIpc) is 2.39. The third-order valence-electron chi connectivity index (χ3n) is 6.04. The molecule has 0 N–H and O–H groups in total. The maximum Gasteiger partial charge on any atom is 0.0825 e. The van der Waals surface area contributed by atoms with Crippen molar-refractivity contribution in [3.8, 4) is 0 Å². The number of benzene rings is 1. The van der Waals surface area contributed by atoms with E-state index in [0.717, 1.165) is 0 Å². The van der Waals surface area contributed by atoms with Gasteiger partial charge in [-0.3, -0.25) is 0 Å². The monoisotopic (exact) mass is 404 g/mol. The summed E-state index contributed by atoms with van der Waals surface area (Å²) in [6.45, 7) is 33.4. The van der Waals surface area contributed by atoms with Crippen LogP contribution >= 0.6 is 8.20 Å². The predicted octanol–water partition coefficient (Wildman–Crippen LogP) is 8.00. The van der Waals surface area contributed by atoms with Gasteiger partial charge >= 0.3 is 0 Å². The van der Waals surface area contributed by atoms with Crippen molar-refractivity contribution >= 4 is 27.0 Å². The molecule has 27 heavy (non-hydrogen) atoms. The Balaban J connectivity index is 3.86. The van der Waals surface area contributed by atoms with Crippen LogP contribution in [0.4, 0.5) is 0 Å². The van der Waals surface area contributed by atoms with E-state index >= 15 is 0 Å². The van der Waals surface area contributed by atoms with Gasteiger partial charge in [0.05, 0.1) is 8.07 Å². The molecule has 0 amide bonds. The molecule has 0 spiro atoms. The van der Waals surface area contributed by atoms with Crippen LogP contribution in [0.15, 0.2) is 12.1 Å². The molecule has 2 heteroatoms. The van der Waals surface area contributed by atoms with Crippen LogP contribution in [0.5, 0.6) is 0 Å². The molecular formula is C25H45PSi. The maximum atomic E-state index is 2.67. The lowest BCUT2D eigenvalue weighted by molar-refractivity contribution is 0.554. The average molecular weight is 405 g/mol. The Kier molecular flexibility index (Phi) is 6.80. The van der Waals surface area contributed by atoms with Crippen LogP contribution in [0.3, 0.4) is 0 Å². The topological polar surface area (TPSA) is 0 Å². The second-order valence-electron chi connectivity index (χ2n) is 12.9. The van der Waals surface area contributed by atoms with Crippen molar-refractivity contribution in [1.82, 2.24) is 0 Å². The Morgan fingerprint density at radius 2 is 1.04 bits per heavy atom. The van der Waals surface area contributed by atoms with E-state index in [9.17, 15) is 0 Å². The SMILES string of the molecule is CC(C)(C)c1cc(C(C)(C)C)c(P=C[Si](C)(C)C(C)(C)C)c(C(C)(C)C)c1. The first-order valence-corrected chi connectivity index (χ1v) is 14.5. The van der Waals surface area contributed by atoms with Gasteiger partial charge in [0.15, 0.2) is 0 Å². The van der Waals surface area contributed by atoms with Crippen molar-refractivity contribution in [1.29, 1.82) is 0 Å². The summed E-state index contributed by atoms with van der Waals surface area (Å²) in [4.78, 5) is 0. The molecule has 0 saturated heterocycles. The summed E-state index contributed by atoms with van der Waals surface area (Å²) in [5.41, 5.74) is 7.63. The van der Waals surface area contributed by atoms with Gasteiger partial charge < -0.3 is 0 Å². The molecule has 0 aliphatic rings. The molecule has 0 aliphatic carbocycles. The Hall–Kier alpha value is -0.393. The molecule has 1 rings (SSSR count). The van der Waals surface area contributed by atoms with Gasteiger partial charge in [0, 0.05) is 5.30 Å². The van der Waals surface area contributed by atoms with Crippen molar-refractivity contribution in [2.75, 3.05) is 0 Å². The van der Waals surface area contributed by atoms with E-state index in [0.29, 0.717) is 5.04 Å². The predicted molar refractivity (Wildman–Crippen MR) is 132 cm³/mol. The molecular weight excluding hydrogens is 359 g/mol. The summed E-state index contributed by atoms with van der Waals surface area (Å²) in [6.07, 6.45) is 0. The van der Waals surface area contributed by atoms with Gasteiger partial charge in [0.1, 0.15) is 0 Å². The maximum absolute atomic E-state index is 2.67. The summed E-state index contributed by atoms with van der Waals surface area (Å²) < 4.78 is 0. The van der Waals surface area contributed by atoms with Gasteiger partial charge in [-0.2, -0.15) is 0 Å². The van der Waals surface area contributed by atoms with Crippen LogP contribution < -0.4 is 5.30 Å². The van der Waals surface area contributed by atoms with E-state index < -0.39 is 8.07 Å². The minimum Gasteiger partial charge on any atom is -0.0765 e. The van der Waals surface area contributed by atoms with Gasteiger partial charge in [0.2, 0.25) is 0 Å². The van der Waals surface area contributed by atoms with Crippen molar-refractivity contribution in [3.63, 3.8) is 0 Å². The number of hydrogen-bond acceptors (Lipinski definition) is 0. The highest BCUT2D eigenvalue weighted by molar-refractivity contribution is 7.54. The highest BCUT2D eigenvalue weighted by atomic mass is 31.1. The molecule has 1 aromatic rings. The van der Waals surface area contributed by atoms with Gasteiger partial charge in [0.25, 0.3) is 0 Å². The zero-order chi connectivity index (χ0) is 21.6. The zero-order valence-electron chi connectivity index (χ0n) is 20.7. The largest absolute Gasteiger partial charge is 0.0825 e. The molecule has 0 aliphatic heterocycles. The number of rotatable bonds is 2. The Bertz CT molecular complexity index is 661. The summed E-state index contributed by atoms with van der Waals surface area (Å²) in [5, 5.41) is 1.93. The van der Waals surface area contributed by atoms with Crippen LogP contribution in [0.2, 0.25) is 18.1 Å². The standard InChI is InChI=1S/C25H45PSi/c1-22(2,3)18-15-19(23(4,5)6)21(20(16-18)24(7,8)9)26-17-27(13,14)25(10,11)12/h15-17H,1-14H3. The van der Waals surface area contributed by atoms with E-state index in [1.165, 1.54) is 24.9 Å². The molecule has 0 fully saturated rings. The van der Waals surface area contributed by atoms with E-state index in [2.05, 4.69) is 114 Å². The van der Waals surface area contributed by atoms with Crippen molar-refractivity contribution in [2.24, 2.45) is 0 Å². The van der Waals surface area contributed by atoms with E-state index in [1.807, 2.05) is 0 Å².